The summed E-state index contributed by atoms with van der Waals surface area (Å²) < 4.78 is 28.9. The van der Waals surface area contributed by atoms with Gasteiger partial charge in [-0.05, 0) is 81.6 Å². The molecule has 5 rings (SSSR count). The van der Waals surface area contributed by atoms with Crippen LogP contribution in [-0.4, -0.2) is 60.0 Å². The molecule has 0 bridgehead atoms. The van der Waals surface area contributed by atoms with Crippen molar-refractivity contribution in [3.8, 4) is 0 Å². The summed E-state index contributed by atoms with van der Waals surface area (Å²) in [6.45, 7) is 5.01. The Kier molecular flexibility index (Phi) is 8.66. The van der Waals surface area contributed by atoms with Crippen LogP contribution in [0.2, 0.25) is 0 Å². The van der Waals surface area contributed by atoms with E-state index in [1.807, 2.05) is 0 Å². The van der Waals surface area contributed by atoms with E-state index >= 15 is 0 Å². The van der Waals surface area contributed by atoms with Gasteiger partial charge < -0.3 is 4.57 Å². The van der Waals surface area contributed by atoms with E-state index in [0.29, 0.717) is 5.95 Å². The van der Waals surface area contributed by atoms with Crippen LogP contribution in [0.15, 0.2) is 47.4 Å². The van der Waals surface area contributed by atoms with Gasteiger partial charge in [0.25, 0.3) is 15.9 Å². The lowest BCUT2D eigenvalue weighted by Gasteiger charge is -2.26. The predicted octanol–water partition coefficient (Wildman–Crippen LogP) is 5.35. The van der Waals surface area contributed by atoms with Crippen LogP contribution in [0, 0.1) is 0 Å². The highest BCUT2D eigenvalue weighted by Gasteiger charge is 2.26. The van der Waals surface area contributed by atoms with Gasteiger partial charge in [-0.25, -0.2) is 13.4 Å². The SMILES string of the molecule is CCN(OC)S(=O)(=O)c1cccc(C(=O)Nc2nc3cc(CN4CCCCC4)ccc3n2C2CCCCC2)c1. The molecule has 10 heteroatoms. The maximum Gasteiger partial charge on any atom is 0.265 e. The van der Waals surface area contributed by atoms with Crippen molar-refractivity contribution in [1.82, 2.24) is 18.9 Å². The second-order valence-corrected chi connectivity index (χ2v) is 12.4. The summed E-state index contributed by atoms with van der Waals surface area (Å²) in [6, 6.07) is 12.8. The summed E-state index contributed by atoms with van der Waals surface area (Å²) >= 11 is 0. The van der Waals surface area contributed by atoms with E-state index in [2.05, 4.69) is 33.0 Å². The molecular formula is C29H39N5O4S. The van der Waals surface area contributed by atoms with Crippen LogP contribution in [0.1, 0.15) is 80.3 Å². The number of anilines is 1. The first kappa shape index (κ1) is 27.8. The number of fused-ring (bicyclic) bond motifs is 1. The van der Waals surface area contributed by atoms with Gasteiger partial charge in [-0.2, -0.15) is 0 Å². The molecule has 2 aliphatic rings. The largest absolute Gasteiger partial charge is 0.307 e. The number of amides is 1. The number of nitrogens with one attached hydrogen (secondary N) is 1. The molecule has 2 fully saturated rings. The zero-order valence-corrected chi connectivity index (χ0v) is 23.8. The van der Waals surface area contributed by atoms with E-state index in [-0.39, 0.29) is 23.0 Å². The Morgan fingerprint density at radius 2 is 1.79 bits per heavy atom. The lowest BCUT2D eigenvalue weighted by Crippen LogP contribution is -2.30. The van der Waals surface area contributed by atoms with E-state index < -0.39 is 15.9 Å². The van der Waals surface area contributed by atoms with E-state index in [0.717, 1.165) is 60.8 Å². The quantitative estimate of drug-likeness (QED) is 0.359. The number of carbonyl (C=O) groups is 1. The van der Waals surface area contributed by atoms with Crippen LogP contribution < -0.4 is 5.32 Å². The first-order valence-corrected chi connectivity index (χ1v) is 15.6. The Morgan fingerprint density at radius 1 is 1.05 bits per heavy atom. The molecule has 3 aromatic rings. The van der Waals surface area contributed by atoms with E-state index in [4.69, 9.17) is 9.82 Å². The van der Waals surface area contributed by atoms with Gasteiger partial charge in [-0.3, -0.25) is 19.8 Å². The Bertz CT molecular complexity index is 1400. The molecule has 1 aliphatic heterocycles. The number of nitrogens with zero attached hydrogens (tertiary/aromatic N) is 4. The highest BCUT2D eigenvalue weighted by molar-refractivity contribution is 7.89. The monoisotopic (exact) mass is 553 g/mol. The Balaban J connectivity index is 1.45. The number of rotatable bonds is 9. The second kappa shape index (κ2) is 12.2. The van der Waals surface area contributed by atoms with Gasteiger partial charge >= 0.3 is 0 Å². The van der Waals surface area contributed by atoms with Gasteiger partial charge in [0.05, 0.1) is 23.0 Å². The van der Waals surface area contributed by atoms with Crippen LogP contribution in [-0.2, 0) is 21.4 Å². The number of benzene rings is 2. The number of hydrogen-bond donors (Lipinski definition) is 1. The fraction of sp³-hybridized carbons (Fsp3) is 0.517. The molecule has 1 saturated carbocycles. The van der Waals surface area contributed by atoms with Gasteiger partial charge in [-0.1, -0.05) is 42.3 Å². The van der Waals surface area contributed by atoms with Crippen molar-refractivity contribution in [2.75, 3.05) is 32.1 Å². The van der Waals surface area contributed by atoms with Crippen LogP contribution in [0.3, 0.4) is 0 Å². The zero-order chi connectivity index (χ0) is 27.4. The highest BCUT2D eigenvalue weighted by Crippen LogP contribution is 2.35. The Morgan fingerprint density at radius 3 is 2.51 bits per heavy atom. The topological polar surface area (TPSA) is 96.8 Å². The van der Waals surface area contributed by atoms with E-state index in [1.54, 1.807) is 19.1 Å². The normalized spacial score (nSPS) is 17.6. The minimum atomic E-state index is -3.89. The summed E-state index contributed by atoms with van der Waals surface area (Å²) in [7, 11) is -2.58. The summed E-state index contributed by atoms with van der Waals surface area (Å²) in [5.74, 6) is 0.116. The molecule has 2 aromatic carbocycles. The van der Waals surface area contributed by atoms with Gasteiger partial charge in [0.1, 0.15) is 0 Å². The van der Waals surface area contributed by atoms with Crippen LogP contribution >= 0.6 is 0 Å². The average Bonchev–Trinajstić information content (AvgIpc) is 3.31. The van der Waals surface area contributed by atoms with E-state index in [1.165, 1.54) is 50.5 Å². The minimum Gasteiger partial charge on any atom is -0.307 e. The molecule has 210 valence electrons. The number of imidazole rings is 1. The molecule has 0 radical (unpaired) electrons. The number of piperidine rings is 1. The Hall–Kier alpha value is -2.79. The van der Waals surface area contributed by atoms with Crippen molar-refractivity contribution in [2.24, 2.45) is 0 Å². The van der Waals surface area contributed by atoms with Crippen molar-refractivity contribution < 1.29 is 18.0 Å². The third-order valence-corrected chi connectivity index (χ3v) is 9.69. The molecule has 0 unspecified atom stereocenters. The number of aromatic nitrogens is 2. The molecule has 1 amide bonds. The fourth-order valence-corrected chi connectivity index (χ4v) is 7.20. The van der Waals surface area contributed by atoms with Gasteiger partial charge in [-0.15, -0.1) is 0 Å². The van der Waals surface area contributed by atoms with Gasteiger partial charge in [0.15, 0.2) is 0 Å². The third-order valence-electron chi connectivity index (χ3n) is 7.90. The van der Waals surface area contributed by atoms with Crippen LogP contribution in [0.25, 0.3) is 11.0 Å². The molecule has 0 spiro atoms. The maximum atomic E-state index is 13.4. The Labute approximate surface area is 231 Å². The van der Waals surface area contributed by atoms with Crippen molar-refractivity contribution in [2.45, 2.75) is 75.8 Å². The van der Waals surface area contributed by atoms with E-state index in [9.17, 15) is 13.2 Å². The average molecular weight is 554 g/mol. The molecule has 1 aliphatic carbocycles. The van der Waals surface area contributed by atoms with Crippen molar-refractivity contribution in [1.29, 1.82) is 0 Å². The third kappa shape index (κ3) is 6.04. The molecule has 39 heavy (non-hydrogen) atoms. The maximum absolute atomic E-state index is 13.4. The second-order valence-electron chi connectivity index (χ2n) is 10.5. The molecule has 0 atom stereocenters. The van der Waals surface area contributed by atoms with Gasteiger partial charge in [0, 0.05) is 24.7 Å². The van der Waals surface area contributed by atoms with Crippen LogP contribution in [0.4, 0.5) is 5.95 Å². The number of hydrogen-bond acceptors (Lipinski definition) is 6. The first-order valence-electron chi connectivity index (χ1n) is 14.1. The molecule has 1 saturated heterocycles. The van der Waals surface area contributed by atoms with Gasteiger partial charge in [0.2, 0.25) is 5.95 Å². The number of likely N-dealkylation sites (tertiary alicyclic amines) is 1. The summed E-state index contributed by atoms with van der Waals surface area (Å²) in [4.78, 5) is 25.8. The van der Waals surface area contributed by atoms with Crippen molar-refractivity contribution >= 4 is 32.9 Å². The predicted molar refractivity (Wildman–Crippen MR) is 152 cm³/mol. The number of hydroxylamine groups is 1. The highest BCUT2D eigenvalue weighted by atomic mass is 32.2. The first-order chi connectivity index (χ1) is 18.9. The lowest BCUT2D eigenvalue weighted by molar-refractivity contribution is -0.0442. The molecular weight excluding hydrogens is 514 g/mol. The summed E-state index contributed by atoms with van der Waals surface area (Å²) in [5.41, 5.74) is 3.37. The fourth-order valence-electron chi connectivity index (χ4n) is 5.90. The summed E-state index contributed by atoms with van der Waals surface area (Å²) in [5, 5.41) is 3.01. The lowest BCUT2D eigenvalue weighted by atomic mass is 9.95. The minimum absolute atomic E-state index is 0.00184. The number of carbonyl (C=O) groups excluding carboxylic acids is 1. The summed E-state index contributed by atoms with van der Waals surface area (Å²) in [6.07, 6.45) is 9.42. The molecule has 2 heterocycles. The number of sulfonamides is 1. The van der Waals surface area contributed by atoms with Crippen molar-refractivity contribution in [3.63, 3.8) is 0 Å². The molecule has 1 N–H and O–H groups in total. The van der Waals surface area contributed by atoms with Crippen LogP contribution in [0.5, 0.6) is 0 Å². The standard InChI is InChI=1S/C29H39N5O4S/c1-3-33(38-2)39(36,37)25-14-10-11-23(20-25)28(35)31-29-30-26-19-22(21-32-17-8-5-9-18-32)15-16-27(26)34(29)24-12-6-4-7-13-24/h10-11,14-16,19-20,24H,3-9,12-13,17-18,21H2,1-2H3,(H,30,31,35). The van der Waals surface area contributed by atoms with Crippen molar-refractivity contribution in [3.05, 3.63) is 53.6 Å². The smallest absolute Gasteiger partial charge is 0.265 e. The molecule has 9 nitrogen and oxygen atoms in total. The molecule has 1 aromatic heterocycles. The zero-order valence-electron chi connectivity index (χ0n) is 22.9.